The molecule has 0 aromatic heterocycles. The number of nitriles is 1. The van der Waals surface area contributed by atoms with E-state index in [0.717, 1.165) is 22.3 Å². The van der Waals surface area contributed by atoms with Gasteiger partial charge in [0, 0.05) is 6.08 Å². The molecule has 0 radical (unpaired) electrons. The van der Waals surface area contributed by atoms with E-state index in [-0.39, 0.29) is 5.75 Å². The van der Waals surface area contributed by atoms with Gasteiger partial charge in [-0.1, -0.05) is 36.4 Å². The molecular formula is C16H13NO. The van der Waals surface area contributed by atoms with Gasteiger partial charge in [0.05, 0.1) is 6.07 Å². The fraction of sp³-hybridized carbons (Fsp3) is 0.0625. The number of rotatable bonds is 2. The summed E-state index contributed by atoms with van der Waals surface area (Å²) < 4.78 is 0. The molecule has 0 saturated heterocycles. The lowest BCUT2D eigenvalue weighted by Gasteiger charge is -2.08. The lowest BCUT2D eigenvalue weighted by molar-refractivity contribution is 0.471. The monoisotopic (exact) mass is 235 g/mol. The Kier molecular flexibility index (Phi) is 3.45. The summed E-state index contributed by atoms with van der Waals surface area (Å²) >= 11 is 0. The quantitative estimate of drug-likeness (QED) is 0.807. The molecule has 2 aromatic rings. The molecule has 2 rings (SSSR count). The van der Waals surface area contributed by atoms with Gasteiger partial charge in [-0.15, -0.1) is 0 Å². The molecule has 2 heteroatoms. The van der Waals surface area contributed by atoms with E-state index in [1.807, 2.05) is 49.4 Å². The third kappa shape index (κ3) is 2.41. The Balaban J connectivity index is 2.53. The van der Waals surface area contributed by atoms with Crippen molar-refractivity contribution >= 4 is 5.57 Å². The van der Waals surface area contributed by atoms with Crippen molar-refractivity contribution in [2.75, 3.05) is 0 Å². The van der Waals surface area contributed by atoms with Crippen LogP contribution in [0.1, 0.15) is 16.7 Å². The van der Waals surface area contributed by atoms with Gasteiger partial charge in [0.2, 0.25) is 0 Å². The highest BCUT2D eigenvalue weighted by atomic mass is 16.3. The summed E-state index contributed by atoms with van der Waals surface area (Å²) in [6.45, 7) is 1.84. The lowest BCUT2D eigenvalue weighted by Crippen LogP contribution is -1.88. The Bertz CT molecular complexity index is 621. The van der Waals surface area contributed by atoms with Crippen LogP contribution in [0.25, 0.3) is 5.57 Å². The van der Waals surface area contributed by atoms with Crippen LogP contribution in [-0.2, 0) is 0 Å². The van der Waals surface area contributed by atoms with Crippen LogP contribution in [0.2, 0.25) is 0 Å². The molecule has 2 nitrogen and oxygen atoms in total. The normalized spacial score (nSPS) is 11.0. The van der Waals surface area contributed by atoms with Gasteiger partial charge in [-0.2, -0.15) is 5.26 Å². The summed E-state index contributed by atoms with van der Waals surface area (Å²) in [5.41, 5.74) is 3.58. The van der Waals surface area contributed by atoms with Crippen LogP contribution in [-0.4, -0.2) is 5.11 Å². The number of allylic oxidation sites excluding steroid dienone is 1. The average molecular weight is 235 g/mol. The Morgan fingerprint density at radius 3 is 2.44 bits per heavy atom. The highest BCUT2D eigenvalue weighted by Crippen LogP contribution is 2.26. The lowest BCUT2D eigenvalue weighted by atomic mass is 9.96. The zero-order valence-corrected chi connectivity index (χ0v) is 10.1. The molecule has 0 fully saturated rings. The summed E-state index contributed by atoms with van der Waals surface area (Å²) in [4.78, 5) is 0. The molecule has 0 atom stereocenters. The largest absolute Gasteiger partial charge is 0.508 e. The Labute approximate surface area is 106 Å². The third-order valence-corrected chi connectivity index (χ3v) is 2.80. The number of aryl methyl sites for hydroxylation is 1. The second kappa shape index (κ2) is 5.20. The molecule has 0 heterocycles. The summed E-state index contributed by atoms with van der Waals surface area (Å²) in [6, 6.07) is 17.2. The number of benzene rings is 2. The highest BCUT2D eigenvalue weighted by molar-refractivity contribution is 5.81. The van der Waals surface area contributed by atoms with Crippen molar-refractivity contribution in [3.05, 3.63) is 71.3 Å². The third-order valence-electron chi connectivity index (χ3n) is 2.80. The van der Waals surface area contributed by atoms with Crippen LogP contribution >= 0.6 is 0 Å². The van der Waals surface area contributed by atoms with Crippen molar-refractivity contribution in [1.29, 1.82) is 5.26 Å². The fourth-order valence-corrected chi connectivity index (χ4v) is 1.84. The standard InChI is InChI=1S/C16H13NO/c1-12-11-14(7-8-16(12)18)15(9-10-17)13-5-3-2-4-6-13/h2-9,11,18H,1H3/b15-9+. The molecule has 0 aliphatic rings. The van der Waals surface area contributed by atoms with Gasteiger partial charge in [-0.25, -0.2) is 0 Å². The van der Waals surface area contributed by atoms with Gasteiger partial charge in [-0.05, 0) is 41.3 Å². The summed E-state index contributed by atoms with van der Waals surface area (Å²) in [5.74, 6) is 0.267. The Morgan fingerprint density at radius 1 is 1.11 bits per heavy atom. The van der Waals surface area contributed by atoms with Crippen molar-refractivity contribution < 1.29 is 5.11 Å². The first kappa shape index (κ1) is 11.9. The molecular weight excluding hydrogens is 222 g/mol. The average Bonchev–Trinajstić information content (AvgIpc) is 2.40. The van der Waals surface area contributed by atoms with E-state index < -0.39 is 0 Å². The Hall–Kier alpha value is -2.53. The van der Waals surface area contributed by atoms with Gasteiger partial charge < -0.3 is 5.11 Å². The van der Waals surface area contributed by atoms with E-state index in [1.54, 1.807) is 6.07 Å². The van der Waals surface area contributed by atoms with Crippen LogP contribution in [0.4, 0.5) is 0 Å². The second-order valence-electron chi connectivity index (χ2n) is 4.05. The van der Waals surface area contributed by atoms with E-state index in [9.17, 15) is 5.11 Å². The van der Waals surface area contributed by atoms with Gasteiger partial charge in [0.25, 0.3) is 0 Å². The minimum atomic E-state index is 0.267. The predicted octanol–water partition coefficient (Wildman–Crippen LogP) is 3.66. The van der Waals surface area contributed by atoms with Gasteiger partial charge in [0.15, 0.2) is 0 Å². The first-order valence-corrected chi connectivity index (χ1v) is 5.67. The van der Waals surface area contributed by atoms with Crippen LogP contribution in [0, 0.1) is 18.3 Å². The van der Waals surface area contributed by atoms with Crippen LogP contribution in [0.5, 0.6) is 5.75 Å². The van der Waals surface area contributed by atoms with Crippen molar-refractivity contribution in [1.82, 2.24) is 0 Å². The van der Waals surface area contributed by atoms with E-state index >= 15 is 0 Å². The summed E-state index contributed by atoms with van der Waals surface area (Å²) in [7, 11) is 0. The molecule has 0 amide bonds. The van der Waals surface area contributed by atoms with Crippen molar-refractivity contribution in [2.24, 2.45) is 0 Å². The predicted molar refractivity (Wildman–Crippen MR) is 72.0 cm³/mol. The zero-order valence-electron chi connectivity index (χ0n) is 10.1. The van der Waals surface area contributed by atoms with E-state index in [0.29, 0.717) is 0 Å². The topological polar surface area (TPSA) is 44.0 Å². The first-order valence-electron chi connectivity index (χ1n) is 5.67. The molecule has 0 saturated carbocycles. The molecule has 0 aliphatic heterocycles. The number of aromatic hydroxyl groups is 1. The van der Waals surface area contributed by atoms with Crippen molar-refractivity contribution in [3.63, 3.8) is 0 Å². The maximum atomic E-state index is 9.54. The van der Waals surface area contributed by atoms with E-state index in [1.165, 1.54) is 6.08 Å². The number of hydrogen-bond donors (Lipinski definition) is 1. The zero-order chi connectivity index (χ0) is 13.0. The molecule has 0 aliphatic carbocycles. The Morgan fingerprint density at radius 2 is 1.83 bits per heavy atom. The molecule has 88 valence electrons. The maximum Gasteiger partial charge on any atom is 0.118 e. The summed E-state index contributed by atoms with van der Waals surface area (Å²) in [6.07, 6.45) is 1.53. The molecule has 0 bridgehead atoms. The van der Waals surface area contributed by atoms with E-state index in [2.05, 4.69) is 6.07 Å². The minimum Gasteiger partial charge on any atom is -0.508 e. The SMILES string of the molecule is Cc1cc(/C(=C/C#N)c2ccccc2)ccc1O. The number of phenolic OH excluding ortho intramolecular Hbond substituents is 1. The molecule has 18 heavy (non-hydrogen) atoms. The van der Waals surface area contributed by atoms with Gasteiger partial charge in [0.1, 0.15) is 5.75 Å². The van der Waals surface area contributed by atoms with Crippen LogP contribution in [0.15, 0.2) is 54.6 Å². The smallest absolute Gasteiger partial charge is 0.118 e. The molecule has 0 spiro atoms. The first-order chi connectivity index (χ1) is 8.72. The minimum absolute atomic E-state index is 0.267. The molecule has 1 N–H and O–H groups in total. The van der Waals surface area contributed by atoms with Crippen LogP contribution < -0.4 is 0 Å². The van der Waals surface area contributed by atoms with Crippen molar-refractivity contribution in [3.8, 4) is 11.8 Å². The highest BCUT2D eigenvalue weighted by Gasteiger charge is 2.06. The van der Waals surface area contributed by atoms with Gasteiger partial charge >= 0.3 is 0 Å². The molecule has 2 aromatic carbocycles. The van der Waals surface area contributed by atoms with Gasteiger partial charge in [-0.3, -0.25) is 0 Å². The number of nitrogens with zero attached hydrogens (tertiary/aromatic N) is 1. The molecule has 0 unspecified atom stereocenters. The number of phenols is 1. The summed E-state index contributed by atoms with van der Waals surface area (Å²) in [5, 5.41) is 18.4. The van der Waals surface area contributed by atoms with Crippen molar-refractivity contribution in [2.45, 2.75) is 6.92 Å². The second-order valence-corrected chi connectivity index (χ2v) is 4.05. The van der Waals surface area contributed by atoms with Crippen LogP contribution in [0.3, 0.4) is 0 Å². The number of hydrogen-bond acceptors (Lipinski definition) is 2. The fourth-order valence-electron chi connectivity index (χ4n) is 1.84. The van der Waals surface area contributed by atoms with E-state index in [4.69, 9.17) is 5.26 Å². The maximum absolute atomic E-state index is 9.54.